The number of anilines is 1. The molecule has 0 fully saturated rings. The second kappa shape index (κ2) is 6.53. The molecule has 0 aliphatic rings. The highest BCUT2D eigenvalue weighted by molar-refractivity contribution is 6.32. The maximum absolute atomic E-state index is 6.10. The third kappa shape index (κ3) is 3.17. The minimum atomic E-state index is 0.149. The van der Waals surface area contributed by atoms with Gasteiger partial charge in [0.15, 0.2) is 0 Å². The predicted octanol–water partition coefficient (Wildman–Crippen LogP) is 4.53. The van der Waals surface area contributed by atoms with Gasteiger partial charge in [0, 0.05) is 18.2 Å². The maximum Gasteiger partial charge on any atom is 0.143 e. The molecule has 1 N–H and O–H groups in total. The van der Waals surface area contributed by atoms with E-state index >= 15 is 0 Å². The van der Waals surface area contributed by atoms with E-state index in [0.29, 0.717) is 16.5 Å². The van der Waals surface area contributed by atoms with E-state index < -0.39 is 0 Å². The third-order valence-electron chi connectivity index (χ3n) is 3.15. The normalized spacial score (nSPS) is 11.8. The van der Waals surface area contributed by atoms with E-state index in [1.165, 1.54) is 5.56 Å². The summed E-state index contributed by atoms with van der Waals surface area (Å²) in [6, 6.07) is 14.0. The molecule has 0 saturated heterocycles. The smallest absolute Gasteiger partial charge is 0.143 e. The first-order valence-corrected chi connectivity index (χ1v) is 6.76. The molecule has 2 aromatic carbocycles. The van der Waals surface area contributed by atoms with Crippen LogP contribution < -0.4 is 14.8 Å². The van der Waals surface area contributed by atoms with Gasteiger partial charge in [-0.05, 0) is 12.5 Å². The Morgan fingerprint density at radius 2 is 1.65 bits per heavy atom. The number of hydrogen-bond donors (Lipinski definition) is 1. The van der Waals surface area contributed by atoms with E-state index in [-0.39, 0.29) is 6.04 Å². The Morgan fingerprint density at radius 3 is 2.25 bits per heavy atom. The van der Waals surface area contributed by atoms with Crippen LogP contribution in [0.2, 0.25) is 5.02 Å². The largest absolute Gasteiger partial charge is 0.495 e. The van der Waals surface area contributed by atoms with Crippen LogP contribution in [0.3, 0.4) is 0 Å². The van der Waals surface area contributed by atoms with Gasteiger partial charge in [-0.1, -0.05) is 41.9 Å². The van der Waals surface area contributed by atoms with Gasteiger partial charge in [0.2, 0.25) is 0 Å². The monoisotopic (exact) mass is 291 g/mol. The highest BCUT2D eigenvalue weighted by Crippen LogP contribution is 2.37. The summed E-state index contributed by atoms with van der Waals surface area (Å²) in [5.41, 5.74) is 2.05. The number of methoxy groups -OCH3 is 2. The van der Waals surface area contributed by atoms with Gasteiger partial charge < -0.3 is 14.8 Å². The van der Waals surface area contributed by atoms with Crippen LogP contribution in [-0.2, 0) is 0 Å². The lowest BCUT2D eigenvalue weighted by Crippen LogP contribution is -2.07. The number of benzene rings is 2. The summed E-state index contributed by atoms with van der Waals surface area (Å²) in [6.07, 6.45) is 0. The summed E-state index contributed by atoms with van der Waals surface area (Å²) < 4.78 is 10.6. The molecular formula is C16H18ClNO2. The lowest BCUT2D eigenvalue weighted by Gasteiger charge is -2.19. The predicted molar refractivity (Wildman–Crippen MR) is 83.0 cm³/mol. The number of halogens is 1. The van der Waals surface area contributed by atoms with Crippen molar-refractivity contribution in [3.05, 3.63) is 53.1 Å². The summed E-state index contributed by atoms with van der Waals surface area (Å²) in [4.78, 5) is 0. The van der Waals surface area contributed by atoms with Crippen molar-refractivity contribution in [2.45, 2.75) is 13.0 Å². The zero-order valence-corrected chi connectivity index (χ0v) is 12.6. The molecule has 0 aromatic heterocycles. The molecule has 0 amide bonds. The van der Waals surface area contributed by atoms with Crippen LogP contribution in [0.1, 0.15) is 18.5 Å². The minimum Gasteiger partial charge on any atom is -0.495 e. The van der Waals surface area contributed by atoms with E-state index in [4.69, 9.17) is 21.1 Å². The first-order valence-electron chi connectivity index (χ1n) is 6.38. The fourth-order valence-corrected chi connectivity index (χ4v) is 2.26. The number of rotatable bonds is 5. The standard InChI is InChI=1S/C16H18ClNO2/c1-11(12-7-5-4-6-8-12)18-14-10-15(19-2)13(17)9-16(14)20-3/h4-11,18H,1-3H3. The number of hydrogen-bond acceptors (Lipinski definition) is 3. The summed E-state index contributed by atoms with van der Waals surface area (Å²) in [5, 5.41) is 3.95. The Bertz CT molecular complexity index is 572. The second-order valence-electron chi connectivity index (χ2n) is 4.46. The first kappa shape index (κ1) is 14.5. The molecule has 2 aromatic rings. The molecule has 106 valence electrons. The molecule has 0 heterocycles. The quantitative estimate of drug-likeness (QED) is 0.878. The van der Waals surface area contributed by atoms with Gasteiger partial charge in [-0.25, -0.2) is 0 Å². The van der Waals surface area contributed by atoms with Gasteiger partial charge in [0.25, 0.3) is 0 Å². The molecule has 2 rings (SSSR count). The van der Waals surface area contributed by atoms with E-state index in [1.807, 2.05) is 24.3 Å². The zero-order valence-electron chi connectivity index (χ0n) is 11.8. The van der Waals surface area contributed by atoms with Crippen molar-refractivity contribution in [3.8, 4) is 11.5 Å². The van der Waals surface area contributed by atoms with E-state index in [9.17, 15) is 0 Å². The Labute approximate surface area is 124 Å². The first-order chi connectivity index (χ1) is 9.65. The van der Waals surface area contributed by atoms with Crippen molar-refractivity contribution in [2.75, 3.05) is 19.5 Å². The Hall–Kier alpha value is -1.87. The Morgan fingerprint density at radius 1 is 1.00 bits per heavy atom. The number of nitrogens with one attached hydrogen (secondary N) is 1. The van der Waals surface area contributed by atoms with Crippen LogP contribution in [-0.4, -0.2) is 14.2 Å². The van der Waals surface area contributed by atoms with Crippen LogP contribution in [0.4, 0.5) is 5.69 Å². The topological polar surface area (TPSA) is 30.5 Å². The fraction of sp³-hybridized carbons (Fsp3) is 0.250. The van der Waals surface area contributed by atoms with Crippen LogP contribution >= 0.6 is 11.6 Å². The van der Waals surface area contributed by atoms with Crippen molar-refractivity contribution in [3.63, 3.8) is 0 Å². The highest BCUT2D eigenvalue weighted by Gasteiger charge is 2.12. The Balaban J connectivity index is 2.28. The summed E-state index contributed by atoms with van der Waals surface area (Å²) in [6.45, 7) is 2.09. The molecule has 0 saturated carbocycles. The van der Waals surface area contributed by atoms with E-state index in [0.717, 1.165) is 5.69 Å². The van der Waals surface area contributed by atoms with Gasteiger partial charge in [-0.2, -0.15) is 0 Å². The fourth-order valence-electron chi connectivity index (χ4n) is 2.03. The number of ether oxygens (including phenoxy) is 2. The molecule has 0 spiro atoms. The maximum atomic E-state index is 6.10. The summed E-state index contributed by atoms with van der Waals surface area (Å²) >= 11 is 6.10. The van der Waals surface area contributed by atoms with Gasteiger partial charge in [0.05, 0.1) is 24.9 Å². The molecule has 0 bridgehead atoms. The molecule has 20 heavy (non-hydrogen) atoms. The van der Waals surface area contributed by atoms with Gasteiger partial charge in [-0.3, -0.25) is 0 Å². The van der Waals surface area contributed by atoms with Gasteiger partial charge in [-0.15, -0.1) is 0 Å². The second-order valence-corrected chi connectivity index (χ2v) is 4.87. The molecule has 4 heteroatoms. The highest BCUT2D eigenvalue weighted by atomic mass is 35.5. The SMILES string of the molecule is COc1cc(NC(C)c2ccccc2)c(OC)cc1Cl. The molecule has 1 unspecified atom stereocenters. The Kier molecular flexibility index (Phi) is 4.74. The molecule has 3 nitrogen and oxygen atoms in total. The van der Waals surface area contributed by atoms with E-state index in [2.05, 4.69) is 24.4 Å². The van der Waals surface area contributed by atoms with Crippen molar-refractivity contribution < 1.29 is 9.47 Å². The van der Waals surface area contributed by atoms with Crippen molar-refractivity contribution >= 4 is 17.3 Å². The average molecular weight is 292 g/mol. The molecule has 0 radical (unpaired) electrons. The van der Waals surface area contributed by atoms with Crippen LogP contribution in [0.5, 0.6) is 11.5 Å². The van der Waals surface area contributed by atoms with Crippen LogP contribution in [0.25, 0.3) is 0 Å². The van der Waals surface area contributed by atoms with E-state index in [1.54, 1.807) is 20.3 Å². The molecule has 0 aliphatic heterocycles. The lowest BCUT2D eigenvalue weighted by atomic mass is 10.1. The van der Waals surface area contributed by atoms with Crippen LogP contribution in [0, 0.1) is 0 Å². The molecule has 1 atom stereocenters. The molecule has 0 aliphatic carbocycles. The zero-order chi connectivity index (χ0) is 14.5. The summed E-state index contributed by atoms with van der Waals surface area (Å²) in [7, 11) is 3.22. The molecular weight excluding hydrogens is 274 g/mol. The minimum absolute atomic E-state index is 0.149. The van der Waals surface area contributed by atoms with Crippen molar-refractivity contribution in [2.24, 2.45) is 0 Å². The van der Waals surface area contributed by atoms with Gasteiger partial charge >= 0.3 is 0 Å². The van der Waals surface area contributed by atoms with Crippen molar-refractivity contribution in [1.82, 2.24) is 0 Å². The van der Waals surface area contributed by atoms with Crippen molar-refractivity contribution in [1.29, 1.82) is 0 Å². The lowest BCUT2D eigenvalue weighted by molar-refractivity contribution is 0.404. The average Bonchev–Trinajstić information content (AvgIpc) is 2.49. The summed E-state index contributed by atoms with van der Waals surface area (Å²) in [5.74, 6) is 1.31. The third-order valence-corrected chi connectivity index (χ3v) is 3.44. The van der Waals surface area contributed by atoms with Crippen LogP contribution in [0.15, 0.2) is 42.5 Å². The van der Waals surface area contributed by atoms with Gasteiger partial charge in [0.1, 0.15) is 11.5 Å².